The summed E-state index contributed by atoms with van der Waals surface area (Å²) in [5, 5.41) is 0.0619. The van der Waals surface area contributed by atoms with Crippen molar-refractivity contribution in [1.29, 1.82) is 0 Å². The summed E-state index contributed by atoms with van der Waals surface area (Å²) in [6.45, 7) is 5.58. The third-order valence-electron chi connectivity index (χ3n) is 3.82. The second-order valence-electron chi connectivity index (χ2n) is 6.13. The third-order valence-corrected chi connectivity index (χ3v) is 4.06. The highest BCUT2D eigenvalue weighted by atomic mass is 35.5. The van der Waals surface area contributed by atoms with Gasteiger partial charge in [0.15, 0.2) is 0 Å². The Morgan fingerprint density at radius 2 is 1.83 bits per heavy atom. The molecular weight excluding hydrogens is 329 g/mol. The molecule has 1 heterocycles. The average Bonchev–Trinajstić information content (AvgIpc) is 2.46. The normalized spacial score (nSPS) is 16.1. The molecule has 0 spiro atoms. The molecule has 1 amide bonds. The maximum Gasteiger partial charge on any atom is 0.418 e. The molecule has 1 aliphatic rings. The molecule has 1 aromatic rings. The lowest BCUT2D eigenvalue weighted by atomic mass is 10.1. The van der Waals surface area contributed by atoms with Gasteiger partial charge in [-0.15, -0.1) is 0 Å². The Kier molecular flexibility index (Phi) is 5.45. The van der Waals surface area contributed by atoms with E-state index in [1.165, 1.54) is 12.1 Å². The molecule has 0 aromatic heterocycles. The zero-order chi connectivity index (χ0) is 17.2. The Labute approximate surface area is 139 Å². The van der Waals surface area contributed by atoms with Crippen LogP contribution in [0.15, 0.2) is 18.2 Å². The summed E-state index contributed by atoms with van der Waals surface area (Å²) in [5.74, 6) is 0.334. The number of nitrogens with zero attached hydrogens (tertiary/aromatic N) is 2. The lowest BCUT2D eigenvalue weighted by molar-refractivity contribution is -0.137. The number of hydrogen-bond donors (Lipinski definition) is 0. The molecule has 7 heteroatoms. The molecule has 0 aliphatic carbocycles. The first-order valence-electron chi connectivity index (χ1n) is 7.58. The van der Waals surface area contributed by atoms with Gasteiger partial charge in [-0.2, -0.15) is 13.2 Å². The first-order chi connectivity index (χ1) is 10.7. The van der Waals surface area contributed by atoms with E-state index < -0.39 is 11.7 Å². The molecule has 0 unspecified atom stereocenters. The molecular formula is C16H20ClF3N2O. The highest BCUT2D eigenvalue weighted by Crippen LogP contribution is 2.38. The van der Waals surface area contributed by atoms with Crippen LogP contribution in [-0.4, -0.2) is 37.0 Å². The Morgan fingerprint density at radius 3 is 2.35 bits per heavy atom. The van der Waals surface area contributed by atoms with E-state index in [1.807, 2.05) is 13.8 Å². The standard InChI is InChI=1S/C16H20ClF3N2O/c1-11(2)9-15(23)22-7-5-21(6-8-22)14-4-3-12(17)10-13(14)16(18,19)20/h3-4,10-11H,5-9H2,1-2H3. The lowest BCUT2D eigenvalue weighted by Gasteiger charge is -2.37. The minimum absolute atomic E-state index is 0.0619. The second-order valence-corrected chi connectivity index (χ2v) is 6.56. The van der Waals surface area contributed by atoms with Gasteiger partial charge in [-0.05, 0) is 24.1 Å². The van der Waals surface area contributed by atoms with Crippen molar-refractivity contribution in [3.8, 4) is 0 Å². The van der Waals surface area contributed by atoms with Crippen molar-refractivity contribution in [3.63, 3.8) is 0 Å². The van der Waals surface area contributed by atoms with Crippen molar-refractivity contribution in [1.82, 2.24) is 4.90 Å². The Morgan fingerprint density at radius 1 is 1.22 bits per heavy atom. The second kappa shape index (κ2) is 6.99. The molecule has 1 saturated heterocycles. The number of benzene rings is 1. The van der Waals surface area contributed by atoms with Crippen LogP contribution in [0.25, 0.3) is 0 Å². The minimum Gasteiger partial charge on any atom is -0.367 e. The minimum atomic E-state index is -4.45. The molecule has 23 heavy (non-hydrogen) atoms. The smallest absolute Gasteiger partial charge is 0.367 e. The maximum absolute atomic E-state index is 13.2. The van der Waals surface area contributed by atoms with Crippen LogP contribution in [-0.2, 0) is 11.0 Å². The van der Waals surface area contributed by atoms with E-state index in [0.717, 1.165) is 6.07 Å². The van der Waals surface area contributed by atoms with Gasteiger partial charge in [0.1, 0.15) is 0 Å². The number of hydrogen-bond acceptors (Lipinski definition) is 2. The molecule has 1 fully saturated rings. The van der Waals surface area contributed by atoms with Gasteiger partial charge < -0.3 is 9.80 Å². The van der Waals surface area contributed by atoms with E-state index in [0.29, 0.717) is 32.6 Å². The van der Waals surface area contributed by atoms with Crippen LogP contribution in [0.4, 0.5) is 18.9 Å². The fourth-order valence-corrected chi connectivity index (χ4v) is 2.86. The molecule has 0 atom stereocenters. The Bertz CT molecular complexity index is 567. The monoisotopic (exact) mass is 348 g/mol. The summed E-state index contributed by atoms with van der Waals surface area (Å²) < 4.78 is 39.5. The molecule has 0 radical (unpaired) electrons. The largest absolute Gasteiger partial charge is 0.418 e. The highest BCUT2D eigenvalue weighted by molar-refractivity contribution is 6.30. The van der Waals surface area contributed by atoms with Crippen LogP contribution >= 0.6 is 11.6 Å². The predicted molar refractivity (Wildman–Crippen MR) is 84.7 cm³/mol. The first kappa shape index (κ1) is 17.9. The van der Waals surface area contributed by atoms with E-state index in [1.54, 1.807) is 9.80 Å². The molecule has 3 nitrogen and oxygen atoms in total. The van der Waals surface area contributed by atoms with Gasteiger partial charge in [-0.3, -0.25) is 4.79 Å². The van der Waals surface area contributed by atoms with Crippen molar-refractivity contribution in [3.05, 3.63) is 28.8 Å². The fraction of sp³-hybridized carbons (Fsp3) is 0.562. The van der Waals surface area contributed by atoms with Gasteiger partial charge in [0, 0.05) is 43.3 Å². The summed E-state index contributed by atoms with van der Waals surface area (Å²) in [6.07, 6.45) is -3.99. The van der Waals surface area contributed by atoms with Gasteiger partial charge in [-0.25, -0.2) is 0 Å². The van der Waals surface area contributed by atoms with Crippen LogP contribution < -0.4 is 4.90 Å². The fourth-order valence-electron chi connectivity index (χ4n) is 2.69. The van der Waals surface area contributed by atoms with Crippen molar-refractivity contribution in [2.75, 3.05) is 31.1 Å². The zero-order valence-electron chi connectivity index (χ0n) is 13.2. The van der Waals surface area contributed by atoms with Crippen molar-refractivity contribution < 1.29 is 18.0 Å². The van der Waals surface area contributed by atoms with E-state index in [2.05, 4.69) is 0 Å². The van der Waals surface area contributed by atoms with Gasteiger partial charge in [0.25, 0.3) is 0 Å². The predicted octanol–water partition coefficient (Wildman–Crippen LogP) is 4.05. The zero-order valence-corrected chi connectivity index (χ0v) is 13.9. The summed E-state index contributed by atoms with van der Waals surface area (Å²) in [6, 6.07) is 3.81. The number of alkyl halides is 3. The van der Waals surface area contributed by atoms with Crippen LogP contribution in [0.1, 0.15) is 25.8 Å². The number of anilines is 1. The molecule has 0 bridgehead atoms. The topological polar surface area (TPSA) is 23.6 Å². The van der Waals surface area contributed by atoms with Gasteiger partial charge in [0.05, 0.1) is 5.56 Å². The van der Waals surface area contributed by atoms with Gasteiger partial charge in [-0.1, -0.05) is 25.4 Å². The van der Waals surface area contributed by atoms with Crippen LogP contribution in [0, 0.1) is 5.92 Å². The van der Waals surface area contributed by atoms with E-state index in [-0.39, 0.29) is 22.5 Å². The summed E-state index contributed by atoms with van der Waals surface area (Å²) in [5.41, 5.74) is -0.607. The van der Waals surface area contributed by atoms with Crippen molar-refractivity contribution in [2.24, 2.45) is 5.92 Å². The maximum atomic E-state index is 13.2. The Balaban J connectivity index is 2.10. The molecule has 0 N–H and O–H groups in total. The van der Waals surface area contributed by atoms with E-state index in [4.69, 9.17) is 11.6 Å². The number of carbonyl (C=O) groups is 1. The summed E-state index contributed by atoms with van der Waals surface area (Å²) in [4.78, 5) is 15.4. The third kappa shape index (κ3) is 4.53. The quantitative estimate of drug-likeness (QED) is 0.822. The van der Waals surface area contributed by atoms with Gasteiger partial charge in [0.2, 0.25) is 5.91 Å². The Hall–Kier alpha value is -1.43. The SMILES string of the molecule is CC(C)CC(=O)N1CCN(c2ccc(Cl)cc2C(F)(F)F)CC1. The number of carbonyl (C=O) groups excluding carboxylic acids is 1. The molecule has 128 valence electrons. The number of amides is 1. The average molecular weight is 349 g/mol. The van der Waals surface area contributed by atoms with Crippen LogP contribution in [0.5, 0.6) is 0 Å². The van der Waals surface area contributed by atoms with Crippen molar-refractivity contribution in [2.45, 2.75) is 26.4 Å². The molecule has 1 aliphatic heterocycles. The highest BCUT2D eigenvalue weighted by Gasteiger charge is 2.36. The number of piperazine rings is 1. The molecule has 0 saturated carbocycles. The van der Waals surface area contributed by atoms with Crippen LogP contribution in [0.3, 0.4) is 0 Å². The van der Waals surface area contributed by atoms with Crippen LogP contribution in [0.2, 0.25) is 5.02 Å². The van der Waals surface area contributed by atoms with E-state index in [9.17, 15) is 18.0 Å². The lowest BCUT2D eigenvalue weighted by Crippen LogP contribution is -2.49. The van der Waals surface area contributed by atoms with Crippen molar-refractivity contribution >= 4 is 23.2 Å². The number of halogens is 4. The molecule has 1 aromatic carbocycles. The first-order valence-corrected chi connectivity index (χ1v) is 7.95. The van der Waals surface area contributed by atoms with Gasteiger partial charge >= 0.3 is 6.18 Å². The number of rotatable bonds is 3. The van der Waals surface area contributed by atoms with E-state index >= 15 is 0 Å². The summed E-state index contributed by atoms with van der Waals surface area (Å²) in [7, 11) is 0. The summed E-state index contributed by atoms with van der Waals surface area (Å²) >= 11 is 5.70. The molecule has 2 rings (SSSR count).